The highest BCUT2D eigenvalue weighted by molar-refractivity contribution is 6.30. The number of nitriles is 1. The predicted molar refractivity (Wildman–Crippen MR) is 90.8 cm³/mol. The summed E-state index contributed by atoms with van der Waals surface area (Å²) in [6.45, 7) is 0. The van der Waals surface area contributed by atoms with Gasteiger partial charge in [0, 0.05) is 6.20 Å². The van der Waals surface area contributed by atoms with Crippen LogP contribution in [-0.4, -0.2) is 11.1 Å². The number of ether oxygens (including phenoxy) is 1. The molecule has 0 saturated heterocycles. The molecule has 3 nitrogen and oxygen atoms in total. The van der Waals surface area contributed by atoms with Crippen molar-refractivity contribution in [1.29, 1.82) is 5.26 Å². The fraction of sp³-hybridized carbons (Fsp3) is 0.368. The molecule has 0 atom stereocenters. The third-order valence-corrected chi connectivity index (χ3v) is 5.13. The summed E-state index contributed by atoms with van der Waals surface area (Å²) in [6, 6.07) is 9.17. The number of pyridine rings is 1. The summed E-state index contributed by atoms with van der Waals surface area (Å²) >= 11 is 5.61. The molecule has 1 fully saturated rings. The SMILES string of the molecule is N#CC1(c2ccc(F)cc2)CCC(Oc2ccnc(Cl)c2C(F)(F)F)CC1. The summed E-state index contributed by atoms with van der Waals surface area (Å²) in [5.74, 6) is -0.753. The van der Waals surface area contributed by atoms with Crippen LogP contribution in [0.2, 0.25) is 5.15 Å². The van der Waals surface area contributed by atoms with Gasteiger partial charge in [-0.1, -0.05) is 23.7 Å². The highest BCUT2D eigenvalue weighted by Gasteiger charge is 2.41. The molecule has 0 N–H and O–H groups in total. The zero-order valence-corrected chi connectivity index (χ0v) is 14.8. The fourth-order valence-corrected chi connectivity index (χ4v) is 3.65. The summed E-state index contributed by atoms with van der Waals surface area (Å²) in [6.07, 6.45) is -2.41. The Kier molecular flexibility index (Phi) is 5.29. The number of aromatic nitrogens is 1. The Morgan fingerprint density at radius 2 is 1.78 bits per heavy atom. The number of halogens is 5. The van der Waals surface area contributed by atoms with Crippen LogP contribution in [0, 0.1) is 17.1 Å². The van der Waals surface area contributed by atoms with E-state index in [2.05, 4.69) is 11.1 Å². The second-order valence-electron chi connectivity index (χ2n) is 6.49. The maximum Gasteiger partial charge on any atom is 0.422 e. The Morgan fingerprint density at radius 1 is 1.15 bits per heavy atom. The van der Waals surface area contributed by atoms with Crippen molar-refractivity contribution in [3.63, 3.8) is 0 Å². The van der Waals surface area contributed by atoms with Crippen LogP contribution >= 0.6 is 11.6 Å². The smallest absolute Gasteiger partial charge is 0.422 e. The minimum Gasteiger partial charge on any atom is -0.490 e. The lowest BCUT2D eigenvalue weighted by atomic mass is 9.70. The van der Waals surface area contributed by atoms with Crippen LogP contribution in [0.5, 0.6) is 5.75 Å². The molecule has 0 amide bonds. The molecule has 0 radical (unpaired) electrons. The van der Waals surface area contributed by atoms with Crippen molar-refractivity contribution in [2.24, 2.45) is 0 Å². The van der Waals surface area contributed by atoms with Gasteiger partial charge in [0.05, 0.1) is 17.6 Å². The van der Waals surface area contributed by atoms with E-state index in [1.165, 1.54) is 12.1 Å². The lowest BCUT2D eigenvalue weighted by Crippen LogP contribution is -2.35. The van der Waals surface area contributed by atoms with Crippen LogP contribution in [0.1, 0.15) is 36.8 Å². The first-order chi connectivity index (χ1) is 12.7. The molecule has 2 aromatic rings. The number of nitrogens with zero attached hydrogens (tertiary/aromatic N) is 2. The Bertz CT molecular complexity index is 853. The normalized spacial score (nSPS) is 22.9. The van der Waals surface area contributed by atoms with Crippen LogP contribution in [0.15, 0.2) is 36.5 Å². The van der Waals surface area contributed by atoms with Gasteiger partial charge in [-0.2, -0.15) is 18.4 Å². The van der Waals surface area contributed by atoms with Crippen molar-refractivity contribution < 1.29 is 22.3 Å². The molecule has 142 valence electrons. The summed E-state index contributed by atoms with van der Waals surface area (Å²) in [4.78, 5) is 3.47. The Labute approximate surface area is 158 Å². The fourth-order valence-electron chi connectivity index (χ4n) is 3.39. The second-order valence-corrected chi connectivity index (χ2v) is 6.85. The van der Waals surface area contributed by atoms with Crippen LogP contribution < -0.4 is 4.74 Å². The molecule has 1 aromatic heterocycles. The molecule has 0 unspecified atom stereocenters. The topological polar surface area (TPSA) is 45.9 Å². The van der Waals surface area contributed by atoms with E-state index < -0.39 is 34.2 Å². The van der Waals surface area contributed by atoms with Gasteiger partial charge in [-0.05, 0) is 49.4 Å². The van der Waals surface area contributed by atoms with Gasteiger partial charge >= 0.3 is 6.18 Å². The van der Waals surface area contributed by atoms with E-state index in [0.717, 1.165) is 12.3 Å². The standard InChI is InChI=1S/C19H15ClF4N2O/c20-17-16(19(22,23)24)15(7-10-26-17)27-14-5-8-18(11-25,9-6-14)12-1-3-13(21)4-2-12/h1-4,7,10,14H,5-6,8-9H2. The Morgan fingerprint density at radius 3 is 2.33 bits per heavy atom. The maximum atomic E-state index is 13.2. The van der Waals surface area contributed by atoms with Gasteiger partial charge in [-0.25, -0.2) is 9.37 Å². The first kappa shape index (κ1) is 19.4. The van der Waals surface area contributed by atoms with E-state index in [9.17, 15) is 22.8 Å². The molecule has 1 aromatic carbocycles. The molecule has 1 aliphatic carbocycles. The van der Waals surface area contributed by atoms with Gasteiger partial charge in [-0.15, -0.1) is 0 Å². The summed E-state index contributed by atoms with van der Waals surface area (Å²) in [7, 11) is 0. The molecule has 1 heterocycles. The molecule has 3 rings (SSSR count). The number of rotatable bonds is 3. The molecule has 1 aliphatic rings. The Balaban J connectivity index is 1.76. The maximum absolute atomic E-state index is 13.2. The monoisotopic (exact) mass is 398 g/mol. The van der Waals surface area contributed by atoms with Gasteiger partial charge in [0.1, 0.15) is 22.3 Å². The minimum atomic E-state index is -4.68. The van der Waals surface area contributed by atoms with Crippen molar-refractivity contribution in [3.05, 3.63) is 58.6 Å². The summed E-state index contributed by atoms with van der Waals surface area (Å²) < 4.78 is 58.4. The minimum absolute atomic E-state index is 0.362. The van der Waals surface area contributed by atoms with Gasteiger partial charge in [0.15, 0.2) is 0 Å². The third-order valence-electron chi connectivity index (χ3n) is 4.84. The van der Waals surface area contributed by atoms with E-state index in [4.69, 9.17) is 16.3 Å². The number of hydrogen-bond donors (Lipinski definition) is 0. The highest BCUT2D eigenvalue weighted by Crippen LogP contribution is 2.43. The quantitative estimate of drug-likeness (QED) is 0.494. The van der Waals surface area contributed by atoms with E-state index in [1.807, 2.05) is 0 Å². The van der Waals surface area contributed by atoms with Crippen molar-refractivity contribution in [3.8, 4) is 11.8 Å². The second kappa shape index (κ2) is 7.35. The van der Waals surface area contributed by atoms with Crippen LogP contribution in [0.3, 0.4) is 0 Å². The van der Waals surface area contributed by atoms with Gasteiger partial charge in [-0.3, -0.25) is 0 Å². The third kappa shape index (κ3) is 4.01. The van der Waals surface area contributed by atoms with E-state index in [-0.39, 0.29) is 5.75 Å². The van der Waals surface area contributed by atoms with E-state index >= 15 is 0 Å². The van der Waals surface area contributed by atoms with E-state index in [1.54, 1.807) is 12.1 Å². The Hall–Kier alpha value is -2.33. The van der Waals surface area contributed by atoms with Crippen LogP contribution in [0.4, 0.5) is 17.6 Å². The largest absolute Gasteiger partial charge is 0.490 e. The molecule has 0 spiro atoms. The van der Waals surface area contributed by atoms with Crippen molar-refractivity contribution in [2.45, 2.75) is 43.4 Å². The predicted octanol–water partition coefficient (Wildman–Crippen LogP) is 5.68. The molecular formula is C19H15ClF4N2O. The molecule has 1 saturated carbocycles. The van der Waals surface area contributed by atoms with Crippen molar-refractivity contribution >= 4 is 11.6 Å². The van der Waals surface area contributed by atoms with Crippen LogP contribution in [0.25, 0.3) is 0 Å². The first-order valence-electron chi connectivity index (χ1n) is 8.31. The highest BCUT2D eigenvalue weighted by atomic mass is 35.5. The zero-order chi connectivity index (χ0) is 19.7. The molecule has 0 bridgehead atoms. The van der Waals surface area contributed by atoms with Crippen LogP contribution in [-0.2, 0) is 11.6 Å². The molecule has 0 aliphatic heterocycles. The summed E-state index contributed by atoms with van der Waals surface area (Å²) in [5, 5.41) is 9.01. The molecule has 8 heteroatoms. The van der Waals surface area contributed by atoms with Gasteiger partial charge in [0.2, 0.25) is 0 Å². The number of alkyl halides is 3. The van der Waals surface area contributed by atoms with E-state index in [0.29, 0.717) is 31.2 Å². The number of benzene rings is 1. The number of hydrogen-bond acceptors (Lipinski definition) is 3. The van der Waals surface area contributed by atoms with Crippen molar-refractivity contribution in [2.75, 3.05) is 0 Å². The lowest BCUT2D eigenvalue weighted by Gasteiger charge is -2.35. The molecule has 27 heavy (non-hydrogen) atoms. The average molecular weight is 399 g/mol. The lowest BCUT2D eigenvalue weighted by molar-refractivity contribution is -0.139. The van der Waals surface area contributed by atoms with Gasteiger partial charge < -0.3 is 4.74 Å². The first-order valence-corrected chi connectivity index (χ1v) is 8.69. The van der Waals surface area contributed by atoms with Crippen molar-refractivity contribution in [1.82, 2.24) is 4.98 Å². The zero-order valence-electron chi connectivity index (χ0n) is 14.1. The average Bonchev–Trinajstić information content (AvgIpc) is 2.62. The van der Waals surface area contributed by atoms with Gasteiger partial charge in [0.25, 0.3) is 0 Å². The molecular weight excluding hydrogens is 384 g/mol. The summed E-state index contributed by atoms with van der Waals surface area (Å²) in [5.41, 5.74) is -1.19.